The smallest absolute Gasteiger partial charge is 0.292 e. The molecule has 20 heavy (non-hydrogen) atoms. The van der Waals surface area contributed by atoms with Crippen LogP contribution in [0.5, 0.6) is 0 Å². The van der Waals surface area contributed by atoms with Crippen LogP contribution in [0.2, 0.25) is 0 Å². The van der Waals surface area contributed by atoms with Gasteiger partial charge in [0, 0.05) is 4.47 Å². The number of nitrogens with zero attached hydrogens (tertiary/aromatic N) is 3. The fourth-order valence-corrected chi connectivity index (χ4v) is 2.19. The van der Waals surface area contributed by atoms with Crippen LogP contribution in [0.1, 0.15) is 5.69 Å². The molecule has 0 fully saturated rings. The average Bonchev–Trinajstić information content (AvgIpc) is 2.73. The molecule has 1 N–H and O–H groups in total. The minimum absolute atomic E-state index is 0.268. The number of aromatic nitrogens is 2. The first-order valence-electron chi connectivity index (χ1n) is 5.60. The molecule has 0 aliphatic rings. The zero-order chi connectivity index (χ0) is 14.7. The Kier molecular flexibility index (Phi) is 4.90. The molecule has 5 nitrogen and oxygen atoms in total. The molecule has 104 valence electrons. The molecule has 0 spiro atoms. The minimum atomic E-state index is -0.289. The van der Waals surface area contributed by atoms with Crippen molar-refractivity contribution in [1.29, 1.82) is 0 Å². The zero-order valence-electron chi connectivity index (χ0n) is 10.8. The summed E-state index contributed by atoms with van der Waals surface area (Å²) in [6.07, 6.45) is 1.81. The molecule has 0 radical (unpaired) electrons. The van der Waals surface area contributed by atoms with Crippen molar-refractivity contribution in [3.63, 3.8) is 0 Å². The van der Waals surface area contributed by atoms with Crippen LogP contribution in [0.3, 0.4) is 0 Å². The maximum atomic E-state index is 12.1. The molecule has 0 atom stereocenters. The van der Waals surface area contributed by atoms with Gasteiger partial charge in [0.05, 0.1) is 11.4 Å². The molecule has 1 heterocycles. The topological polar surface area (TPSA) is 62.5 Å². The number of aryl methyl sites for hydroxylation is 1. The lowest BCUT2D eigenvalue weighted by molar-refractivity contribution is 0.910. The third kappa shape index (κ3) is 3.25. The average molecular weight is 371 g/mol. The van der Waals surface area contributed by atoms with E-state index in [9.17, 15) is 4.79 Å². The van der Waals surface area contributed by atoms with Gasteiger partial charge in [0.1, 0.15) is 0 Å². The van der Waals surface area contributed by atoms with E-state index in [1.165, 1.54) is 16.4 Å². The van der Waals surface area contributed by atoms with E-state index in [1.807, 2.05) is 18.4 Å². The van der Waals surface area contributed by atoms with Gasteiger partial charge in [-0.2, -0.15) is 5.11 Å². The highest BCUT2D eigenvalue weighted by molar-refractivity contribution is 9.10. The van der Waals surface area contributed by atoms with Gasteiger partial charge in [-0.1, -0.05) is 39.9 Å². The Bertz CT molecular complexity index is 718. The number of azo groups is 1. The number of H-pyrrole nitrogens is 1. The maximum Gasteiger partial charge on any atom is 0.300 e. The number of thiocarbonyl (C=S) groups is 1. The molecule has 0 aliphatic heterocycles. The van der Waals surface area contributed by atoms with Crippen molar-refractivity contribution in [2.24, 2.45) is 10.2 Å². The summed E-state index contributed by atoms with van der Waals surface area (Å²) in [4.78, 5) is 12.1. The summed E-state index contributed by atoms with van der Waals surface area (Å²) in [5.41, 5.74) is 1.28. The number of hydrogen-bond acceptors (Lipinski definition) is 5. The summed E-state index contributed by atoms with van der Waals surface area (Å²) in [6.45, 7) is 1.76. The van der Waals surface area contributed by atoms with Crippen molar-refractivity contribution < 1.29 is 0 Å². The molecular weight excluding hydrogens is 360 g/mol. The van der Waals surface area contributed by atoms with Gasteiger partial charge < -0.3 is 0 Å². The van der Waals surface area contributed by atoms with Crippen molar-refractivity contribution in [3.8, 4) is 0 Å². The highest BCUT2D eigenvalue weighted by Crippen LogP contribution is 2.20. The second kappa shape index (κ2) is 6.47. The molecule has 1 aromatic heterocycles. The molecule has 2 rings (SSSR count). The second-order valence-electron chi connectivity index (χ2n) is 3.87. The van der Waals surface area contributed by atoms with Crippen LogP contribution >= 0.6 is 39.9 Å². The molecule has 0 saturated carbocycles. The second-order valence-corrected chi connectivity index (χ2v) is 6.23. The van der Waals surface area contributed by atoms with Gasteiger partial charge >= 0.3 is 5.56 Å². The summed E-state index contributed by atoms with van der Waals surface area (Å²) in [5, 5.41) is 11.0. The van der Waals surface area contributed by atoms with Crippen molar-refractivity contribution in [2.45, 2.75) is 6.92 Å². The Morgan fingerprint density at radius 2 is 2.00 bits per heavy atom. The Hall–Kier alpha value is -1.25. The zero-order valence-corrected chi connectivity index (χ0v) is 14.0. The molecule has 1 aromatic carbocycles. The first-order chi connectivity index (χ1) is 9.52. The predicted molar refractivity (Wildman–Crippen MR) is 89.6 cm³/mol. The fraction of sp³-hybridized carbons (Fsp3) is 0.167. The third-order valence-corrected chi connectivity index (χ3v) is 4.23. The minimum Gasteiger partial charge on any atom is -0.292 e. The lowest BCUT2D eigenvalue weighted by atomic mass is 10.3. The summed E-state index contributed by atoms with van der Waals surface area (Å²) in [5.74, 6) is 0. The summed E-state index contributed by atoms with van der Waals surface area (Å²) >= 11 is 9.75. The summed E-state index contributed by atoms with van der Waals surface area (Å²) in [7, 11) is 0. The third-order valence-electron chi connectivity index (χ3n) is 2.49. The van der Waals surface area contributed by atoms with Crippen LogP contribution in [-0.2, 0) is 0 Å². The van der Waals surface area contributed by atoms with Crippen LogP contribution in [0, 0.1) is 6.92 Å². The Morgan fingerprint density at radius 1 is 1.35 bits per heavy atom. The van der Waals surface area contributed by atoms with Gasteiger partial charge in [0.2, 0.25) is 0 Å². The van der Waals surface area contributed by atoms with E-state index in [0.29, 0.717) is 15.7 Å². The standard InChI is InChI=1S/C12H11BrN4OS2/c1-7-10(11(18)17(16-7)12(19)20-2)15-14-9-5-3-8(13)4-6-9/h3-6,16H,1-2H3. The lowest BCUT2D eigenvalue weighted by Crippen LogP contribution is -2.20. The van der Waals surface area contributed by atoms with Crippen LogP contribution in [-0.4, -0.2) is 20.4 Å². The number of hydrogen-bond donors (Lipinski definition) is 1. The Labute approximate surface area is 133 Å². The van der Waals surface area contributed by atoms with Gasteiger partial charge in [-0.05, 0) is 37.4 Å². The van der Waals surface area contributed by atoms with E-state index in [4.69, 9.17) is 12.2 Å². The Morgan fingerprint density at radius 3 is 2.60 bits per heavy atom. The number of aromatic amines is 1. The number of nitrogens with one attached hydrogen (secondary N) is 1. The molecule has 0 amide bonds. The molecule has 8 heteroatoms. The molecule has 0 bridgehead atoms. The lowest BCUT2D eigenvalue weighted by Gasteiger charge is -1.97. The largest absolute Gasteiger partial charge is 0.300 e. The van der Waals surface area contributed by atoms with Gasteiger partial charge in [0.15, 0.2) is 10.0 Å². The summed E-state index contributed by atoms with van der Waals surface area (Å²) in [6, 6.07) is 7.33. The SMILES string of the molecule is CSC(=S)n1[nH]c(C)c(N=Nc2ccc(Br)cc2)c1=O. The van der Waals surface area contributed by atoms with E-state index in [2.05, 4.69) is 31.3 Å². The van der Waals surface area contributed by atoms with E-state index >= 15 is 0 Å². The van der Waals surface area contributed by atoms with E-state index in [0.717, 1.165) is 4.47 Å². The van der Waals surface area contributed by atoms with Crippen molar-refractivity contribution in [3.05, 3.63) is 44.8 Å². The highest BCUT2D eigenvalue weighted by Gasteiger charge is 2.13. The van der Waals surface area contributed by atoms with E-state index in [-0.39, 0.29) is 11.2 Å². The Balaban J connectivity index is 2.34. The van der Waals surface area contributed by atoms with Gasteiger partial charge in [-0.3, -0.25) is 9.89 Å². The first kappa shape index (κ1) is 15.1. The van der Waals surface area contributed by atoms with Gasteiger partial charge in [0.25, 0.3) is 0 Å². The van der Waals surface area contributed by atoms with E-state index in [1.54, 1.807) is 19.1 Å². The van der Waals surface area contributed by atoms with Crippen LogP contribution in [0.15, 0.2) is 43.8 Å². The summed E-state index contributed by atoms with van der Waals surface area (Å²) < 4.78 is 2.70. The van der Waals surface area contributed by atoms with Crippen LogP contribution in [0.4, 0.5) is 11.4 Å². The van der Waals surface area contributed by atoms with Crippen molar-refractivity contribution in [2.75, 3.05) is 6.26 Å². The molecule has 2 aromatic rings. The van der Waals surface area contributed by atoms with Crippen molar-refractivity contribution in [1.82, 2.24) is 9.78 Å². The van der Waals surface area contributed by atoms with E-state index < -0.39 is 0 Å². The van der Waals surface area contributed by atoms with Gasteiger partial charge in [-0.25, -0.2) is 4.68 Å². The van der Waals surface area contributed by atoms with Crippen molar-refractivity contribution >= 4 is 55.6 Å². The quantitative estimate of drug-likeness (QED) is 0.637. The molecule has 0 aliphatic carbocycles. The molecule has 0 saturated heterocycles. The number of thioether (sulfide) groups is 1. The number of rotatable bonds is 2. The normalized spacial score (nSPS) is 11.2. The van der Waals surface area contributed by atoms with Gasteiger partial charge in [-0.15, -0.1) is 5.11 Å². The predicted octanol–water partition coefficient (Wildman–Crippen LogP) is 4.16. The number of halogens is 1. The van der Waals surface area contributed by atoms with Crippen LogP contribution < -0.4 is 5.56 Å². The maximum absolute atomic E-state index is 12.1. The fourth-order valence-electron chi connectivity index (χ4n) is 1.49. The highest BCUT2D eigenvalue weighted by atomic mass is 79.9. The molecule has 0 unspecified atom stereocenters. The monoisotopic (exact) mass is 370 g/mol. The molecular formula is C12H11BrN4OS2. The number of benzene rings is 1. The van der Waals surface area contributed by atoms with Crippen LogP contribution in [0.25, 0.3) is 0 Å². The first-order valence-corrected chi connectivity index (χ1v) is 8.02.